The number of aliphatic hydroxyl groups is 1. The van der Waals surface area contributed by atoms with Crippen molar-refractivity contribution in [1.29, 1.82) is 0 Å². The second kappa shape index (κ2) is 6.18. The van der Waals surface area contributed by atoms with E-state index in [-0.39, 0.29) is 17.7 Å². The Balaban J connectivity index is 2.42. The van der Waals surface area contributed by atoms with Gasteiger partial charge >= 0.3 is 0 Å². The first-order valence-corrected chi connectivity index (χ1v) is 7.72. The van der Waals surface area contributed by atoms with Gasteiger partial charge in [-0.15, -0.1) is 23.1 Å². The van der Waals surface area contributed by atoms with Gasteiger partial charge in [0, 0.05) is 24.7 Å². The number of hydrogen-bond acceptors (Lipinski definition) is 6. The molecule has 19 heavy (non-hydrogen) atoms. The highest BCUT2D eigenvalue weighted by molar-refractivity contribution is 7.98. The van der Waals surface area contributed by atoms with Crippen LogP contribution in [0.2, 0.25) is 0 Å². The van der Waals surface area contributed by atoms with Crippen LogP contribution in [0.15, 0.2) is 21.4 Å². The van der Waals surface area contributed by atoms with Crippen LogP contribution in [-0.2, 0) is 0 Å². The molecule has 2 aromatic rings. The lowest BCUT2D eigenvalue weighted by atomic mass is 10.3. The average Bonchev–Trinajstić information content (AvgIpc) is 2.87. The Bertz CT molecular complexity index is 650. The van der Waals surface area contributed by atoms with Gasteiger partial charge in [-0.1, -0.05) is 0 Å². The number of thiazole rings is 1. The Labute approximate surface area is 117 Å². The van der Waals surface area contributed by atoms with Gasteiger partial charge in [-0.25, -0.2) is 4.98 Å². The maximum atomic E-state index is 12.2. The first kappa shape index (κ1) is 14.0. The van der Waals surface area contributed by atoms with E-state index < -0.39 is 5.91 Å². The second-order valence-corrected chi connectivity index (χ2v) is 5.36. The monoisotopic (exact) mass is 299 g/mol. The van der Waals surface area contributed by atoms with E-state index in [0.29, 0.717) is 23.0 Å². The van der Waals surface area contributed by atoms with Crippen LogP contribution in [0.4, 0.5) is 0 Å². The highest BCUT2D eigenvalue weighted by Crippen LogP contribution is 2.18. The molecule has 2 aromatic heterocycles. The van der Waals surface area contributed by atoms with Gasteiger partial charge in [0.2, 0.25) is 0 Å². The first-order chi connectivity index (χ1) is 9.19. The van der Waals surface area contributed by atoms with Crippen molar-refractivity contribution in [2.45, 2.75) is 11.4 Å². The largest absolute Gasteiger partial charge is 0.396 e. The molecule has 0 aliphatic rings. The van der Waals surface area contributed by atoms with Crippen LogP contribution >= 0.6 is 23.1 Å². The molecule has 8 heteroatoms. The third kappa shape index (κ3) is 2.80. The van der Waals surface area contributed by atoms with Crippen molar-refractivity contribution in [2.24, 2.45) is 0 Å². The number of thioether (sulfide) groups is 1. The zero-order chi connectivity index (χ0) is 13.8. The van der Waals surface area contributed by atoms with Crippen molar-refractivity contribution >= 4 is 34.0 Å². The predicted molar refractivity (Wildman–Crippen MR) is 75.2 cm³/mol. The number of amides is 1. The summed E-state index contributed by atoms with van der Waals surface area (Å²) in [5.41, 5.74) is -0.307. The zero-order valence-corrected chi connectivity index (χ0v) is 11.9. The predicted octanol–water partition coefficient (Wildman–Crippen LogP) is 0.590. The second-order valence-electron chi connectivity index (χ2n) is 3.69. The number of carbonyl (C=O) groups excluding carboxylic acids is 1. The van der Waals surface area contributed by atoms with Crippen LogP contribution in [0.1, 0.15) is 16.8 Å². The molecule has 0 saturated heterocycles. The van der Waals surface area contributed by atoms with Gasteiger partial charge in [0.05, 0.1) is 0 Å². The summed E-state index contributed by atoms with van der Waals surface area (Å²) in [6, 6.07) is 0. The van der Waals surface area contributed by atoms with Gasteiger partial charge < -0.3 is 10.4 Å². The lowest BCUT2D eigenvalue weighted by Gasteiger charge is -2.07. The minimum absolute atomic E-state index is 0.00351. The molecule has 0 aromatic carbocycles. The van der Waals surface area contributed by atoms with Crippen molar-refractivity contribution in [3.8, 4) is 0 Å². The fourth-order valence-corrected chi connectivity index (χ4v) is 2.90. The van der Waals surface area contributed by atoms with E-state index in [2.05, 4.69) is 10.3 Å². The molecule has 0 unspecified atom stereocenters. The third-order valence-electron chi connectivity index (χ3n) is 2.47. The number of hydrogen-bond donors (Lipinski definition) is 2. The number of carbonyl (C=O) groups is 1. The number of rotatable bonds is 5. The molecule has 2 rings (SSSR count). The van der Waals surface area contributed by atoms with E-state index in [4.69, 9.17) is 5.11 Å². The summed E-state index contributed by atoms with van der Waals surface area (Å²) in [7, 11) is 0. The van der Waals surface area contributed by atoms with Crippen molar-refractivity contribution in [1.82, 2.24) is 14.7 Å². The normalized spacial score (nSPS) is 10.8. The van der Waals surface area contributed by atoms with Crippen LogP contribution in [-0.4, -0.2) is 39.8 Å². The summed E-state index contributed by atoms with van der Waals surface area (Å²) in [4.78, 5) is 29.1. The van der Waals surface area contributed by atoms with Crippen molar-refractivity contribution in [3.63, 3.8) is 0 Å². The van der Waals surface area contributed by atoms with Gasteiger partial charge in [-0.2, -0.15) is 0 Å². The Hall–Kier alpha value is -1.38. The Morgan fingerprint density at radius 1 is 1.63 bits per heavy atom. The van der Waals surface area contributed by atoms with Crippen LogP contribution < -0.4 is 10.9 Å². The first-order valence-electron chi connectivity index (χ1n) is 5.62. The minimum Gasteiger partial charge on any atom is -0.396 e. The molecular weight excluding hydrogens is 286 g/mol. The molecule has 0 aliphatic carbocycles. The molecule has 0 bridgehead atoms. The van der Waals surface area contributed by atoms with Gasteiger partial charge in [0.15, 0.2) is 4.96 Å². The maximum Gasteiger partial charge on any atom is 0.272 e. The van der Waals surface area contributed by atoms with Gasteiger partial charge in [-0.05, 0) is 12.7 Å². The summed E-state index contributed by atoms with van der Waals surface area (Å²) in [5, 5.41) is 13.5. The molecule has 102 valence electrons. The number of nitrogens with one attached hydrogen (secondary N) is 1. The summed E-state index contributed by atoms with van der Waals surface area (Å²) >= 11 is 2.61. The lowest BCUT2D eigenvalue weighted by Crippen LogP contribution is -2.33. The quantitative estimate of drug-likeness (QED) is 0.479. The SMILES string of the molecule is CSc1nc2sccn2c(=O)c1C(=O)NCCCO. The molecule has 0 saturated carbocycles. The average molecular weight is 299 g/mol. The standard InChI is InChI=1S/C11H13N3O3S2/c1-18-9-7(8(16)12-3-2-5-15)10(17)14-4-6-19-11(14)13-9/h4,6,15H,2-3,5H2,1H3,(H,12,16). The van der Waals surface area contributed by atoms with E-state index in [1.807, 2.05) is 0 Å². The summed E-state index contributed by atoms with van der Waals surface area (Å²) in [5.74, 6) is -0.448. The number of aliphatic hydroxyl groups excluding tert-OH is 1. The van der Waals surface area contributed by atoms with E-state index in [0.717, 1.165) is 0 Å². The Kier molecular flexibility index (Phi) is 4.56. The fourth-order valence-electron chi connectivity index (χ4n) is 1.57. The number of fused-ring (bicyclic) bond motifs is 1. The molecule has 2 heterocycles. The highest BCUT2D eigenvalue weighted by atomic mass is 32.2. The van der Waals surface area contributed by atoms with Gasteiger partial charge in [0.25, 0.3) is 11.5 Å². The van der Waals surface area contributed by atoms with Gasteiger partial charge in [-0.3, -0.25) is 14.0 Å². The van der Waals surface area contributed by atoms with E-state index in [1.54, 1.807) is 17.8 Å². The minimum atomic E-state index is -0.448. The zero-order valence-electron chi connectivity index (χ0n) is 10.3. The van der Waals surface area contributed by atoms with E-state index in [9.17, 15) is 9.59 Å². The van der Waals surface area contributed by atoms with Gasteiger partial charge in [0.1, 0.15) is 10.6 Å². The van der Waals surface area contributed by atoms with Crippen molar-refractivity contribution in [2.75, 3.05) is 19.4 Å². The van der Waals surface area contributed by atoms with Crippen LogP contribution in [0.3, 0.4) is 0 Å². The summed E-state index contributed by atoms with van der Waals surface area (Å²) in [6.07, 6.45) is 3.83. The molecule has 0 aliphatic heterocycles. The maximum absolute atomic E-state index is 12.2. The highest BCUT2D eigenvalue weighted by Gasteiger charge is 2.19. The lowest BCUT2D eigenvalue weighted by molar-refractivity contribution is 0.0945. The Morgan fingerprint density at radius 3 is 3.11 bits per heavy atom. The molecule has 2 N–H and O–H groups in total. The summed E-state index contributed by atoms with van der Waals surface area (Å²) < 4.78 is 1.37. The molecule has 0 spiro atoms. The van der Waals surface area contributed by atoms with Crippen LogP contribution in [0.25, 0.3) is 4.96 Å². The topological polar surface area (TPSA) is 83.7 Å². The summed E-state index contributed by atoms with van der Waals surface area (Å²) in [6.45, 7) is 0.325. The molecule has 0 radical (unpaired) electrons. The van der Waals surface area contributed by atoms with E-state index in [1.165, 1.54) is 27.5 Å². The smallest absolute Gasteiger partial charge is 0.272 e. The fraction of sp³-hybridized carbons (Fsp3) is 0.364. The van der Waals surface area contributed by atoms with Crippen molar-refractivity contribution in [3.05, 3.63) is 27.5 Å². The third-order valence-corrected chi connectivity index (χ3v) is 3.91. The Morgan fingerprint density at radius 2 is 2.42 bits per heavy atom. The molecule has 1 amide bonds. The van der Waals surface area contributed by atoms with E-state index >= 15 is 0 Å². The molecule has 6 nitrogen and oxygen atoms in total. The molecular formula is C11H13N3O3S2. The molecule has 0 fully saturated rings. The molecule has 0 atom stereocenters. The van der Waals surface area contributed by atoms with Crippen LogP contribution in [0.5, 0.6) is 0 Å². The number of aromatic nitrogens is 2. The number of nitrogens with zero attached hydrogens (tertiary/aromatic N) is 2. The van der Waals surface area contributed by atoms with Crippen LogP contribution in [0, 0.1) is 0 Å². The van der Waals surface area contributed by atoms with Crippen molar-refractivity contribution < 1.29 is 9.90 Å².